The lowest BCUT2D eigenvalue weighted by molar-refractivity contribution is -0.118. The lowest BCUT2D eigenvalue weighted by Crippen LogP contribution is -2.18. The smallest absolute Gasteiger partial charge is 0.238 e. The first-order valence-corrected chi connectivity index (χ1v) is 7.39. The quantitative estimate of drug-likeness (QED) is 0.638. The van der Waals surface area contributed by atoms with Crippen LogP contribution in [0.2, 0.25) is 0 Å². The van der Waals surface area contributed by atoms with Crippen molar-refractivity contribution in [1.82, 2.24) is 9.97 Å². The van der Waals surface area contributed by atoms with Gasteiger partial charge in [0.05, 0.1) is 18.6 Å². The lowest BCUT2D eigenvalue weighted by Gasteiger charge is -2.07. The molecule has 1 heterocycles. The number of aliphatic imine (C=N–C) groups is 1. The number of hydrogen-bond donors (Lipinski definition) is 2. The summed E-state index contributed by atoms with van der Waals surface area (Å²) in [6.45, 7) is 8.37. The number of carbonyl (C=O) groups excluding carboxylic acids is 1. The maximum Gasteiger partial charge on any atom is 0.238 e. The molecule has 3 N–H and O–H groups in total. The molecule has 7 nitrogen and oxygen atoms in total. The van der Waals surface area contributed by atoms with Crippen LogP contribution in [0.25, 0.3) is 0 Å². The largest absolute Gasteiger partial charge is 0.434 e. The fourth-order valence-corrected chi connectivity index (χ4v) is 2.84. The number of hydrogen-bond acceptors (Lipinski definition) is 6. The van der Waals surface area contributed by atoms with Gasteiger partial charge in [-0.05, 0) is 10.8 Å². The van der Waals surface area contributed by atoms with Gasteiger partial charge in [0, 0.05) is 19.2 Å². The van der Waals surface area contributed by atoms with Crippen molar-refractivity contribution in [3.63, 3.8) is 0 Å². The van der Waals surface area contributed by atoms with Crippen LogP contribution < -0.4 is 15.8 Å². The van der Waals surface area contributed by atoms with Gasteiger partial charge in [-0.15, -0.1) is 0 Å². The van der Waals surface area contributed by atoms with Crippen LogP contribution >= 0.6 is 0 Å². The number of allylic oxidation sites excluding steroid dienone is 1. The van der Waals surface area contributed by atoms with E-state index in [0.717, 1.165) is 0 Å². The molecule has 0 spiro atoms. The molecule has 1 amide bonds. The molecule has 0 bridgehead atoms. The third-order valence-electron chi connectivity index (χ3n) is 4.81. The molecule has 1 aliphatic rings. The highest BCUT2D eigenvalue weighted by atomic mass is 16.5. The van der Waals surface area contributed by atoms with Crippen molar-refractivity contribution in [3.8, 4) is 5.88 Å². The van der Waals surface area contributed by atoms with Gasteiger partial charge in [-0.25, -0.2) is 9.97 Å². The van der Waals surface area contributed by atoms with E-state index < -0.39 is 0 Å². The van der Waals surface area contributed by atoms with Crippen LogP contribution in [0.4, 0.5) is 5.82 Å². The zero-order valence-corrected chi connectivity index (χ0v) is 14.1. The Kier molecular flexibility index (Phi) is 4.40. The van der Waals surface area contributed by atoms with Crippen molar-refractivity contribution in [2.24, 2.45) is 27.5 Å². The van der Waals surface area contributed by atoms with E-state index in [1.165, 1.54) is 24.8 Å². The van der Waals surface area contributed by atoms with Crippen LogP contribution in [0, 0.1) is 16.7 Å². The van der Waals surface area contributed by atoms with Gasteiger partial charge in [0.15, 0.2) is 11.6 Å². The SMILES string of the molecule is CN=C/C(=C\N)Oc1cnc(NC(=O)C2C(C)(C)C2(C)C)cn1. The Labute approximate surface area is 136 Å². The standard InChI is InChI=1S/C16H23N5O2/c1-15(2)13(16(15,3)4)14(22)21-11-8-20-12(9-19-11)23-10(6-17)7-18-5/h6-9,13H,17H2,1-5H3,(H,19,21,22)/b10-6+,18-7?. The number of nitrogens with zero attached hydrogens (tertiary/aromatic N) is 3. The summed E-state index contributed by atoms with van der Waals surface area (Å²) in [6.07, 6.45) is 5.62. The van der Waals surface area contributed by atoms with Gasteiger partial charge in [-0.1, -0.05) is 27.7 Å². The summed E-state index contributed by atoms with van der Waals surface area (Å²) in [5.74, 6) is 0.943. The van der Waals surface area contributed by atoms with E-state index >= 15 is 0 Å². The zero-order valence-electron chi connectivity index (χ0n) is 14.1. The Morgan fingerprint density at radius 2 is 1.96 bits per heavy atom. The number of carbonyl (C=O) groups is 1. The molecule has 0 unspecified atom stereocenters. The average molecular weight is 317 g/mol. The highest BCUT2D eigenvalue weighted by Gasteiger charge is 2.68. The number of rotatable bonds is 5. The fourth-order valence-electron chi connectivity index (χ4n) is 2.84. The predicted molar refractivity (Wildman–Crippen MR) is 89.0 cm³/mol. The Bertz CT molecular complexity index is 633. The van der Waals surface area contributed by atoms with Gasteiger partial charge < -0.3 is 15.8 Å². The van der Waals surface area contributed by atoms with Crippen molar-refractivity contribution in [3.05, 3.63) is 24.4 Å². The molecular weight excluding hydrogens is 294 g/mol. The van der Waals surface area contributed by atoms with Crippen LogP contribution in [0.5, 0.6) is 5.88 Å². The molecule has 0 radical (unpaired) electrons. The van der Waals surface area contributed by atoms with Crippen molar-refractivity contribution < 1.29 is 9.53 Å². The summed E-state index contributed by atoms with van der Waals surface area (Å²) in [5.41, 5.74) is 5.37. The maximum atomic E-state index is 12.3. The number of amides is 1. The van der Waals surface area contributed by atoms with Crippen LogP contribution in [0.15, 0.2) is 29.3 Å². The summed E-state index contributed by atoms with van der Waals surface area (Å²) >= 11 is 0. The van der Waals surface area contributed by atoms with Gasteiger partial charge in [0.25, 0.3) is 0 Å². The Morgan fingerprint density at radius 3 is 2.39 bits per heavy atom. The minimum absolute atomic E-state index is 0.0200. The van der Waals surface area contributed by atoms with Crippen LogP contribution in [-0.2, 0) is 4.79 Å². The van der Waals surface area contributed by atoms with E-state index in [2.05, 4.69) is 48.0 Å². The number of nitrogens with one attached hydrogen (secondary N) is 1. The van der Waals surface area contributed by atoms with E-state index in [1.54, 1.807) is 7.05 Å². The summed E-state index contributed by atoms with van der Waals surface area (Å²) in [7, 11) is 1.61. The van der Waals surface area contributed by atoms with Crippen molar-refractivity contribution in [2.75, 3.05) is 12.4 Å². The van der Waals surface area contributed by atoms with E-state index in [9.17, 15) is 4.79 Å². The molecule has 1 saturated carbocycles. The molecule has 0 atom stereocenters. The molecule has 0 aliphatic heterocycles. The van der Waals surface area contributed by atoms with E-state index in [0.29, 0.717) is 11.6 Å². The first kappa shape index (κ1) is 16.9. The average Bonchev–Trinajstić information content (AvgIpc) is 2.90. The van der Waals surface area contributed by atoms with Crippen LogP contribution in [0.1, 0.15) is 27.7 Å². The molecular formula is C16H23N5O2. The number of anilines is 1. The molecule has 7 heteroatoms. The van der Waals surface area contributed by atoms with Gasteiger partial charge in [-0.3, -0.25) is 9.79 Å². The third kappa shape index (κ3) is 3.18. The van der Waals surface area contributed by atoms with Crippen molar-refractivity contribution >= 4 is 17.9 Å². The minimum Gasteiger partial charge on any atom is -0.434 e. The Hall–Kier alpha value is -2.44. The second-order valence-electron chi connectivity index (χ2n) is 6.66. The molecule has 0 aromatic carbocycles. The fraction of sp³-hybridized carbons (Fsp3) is 0.500. The second kappa shape index (κ2) is 5.98. The van der Waals surface area contributed by atoms with E-state index in [1.807, 2.05) is 0 Å². The molecule has 1 fully saturated rings. The second-order valence-corrected chi connectivity index (χ2v) is 6.66. The molecule has 23 heavy (non-hydrogen) atoms. The molecule has 1 aliphatic carbocycles. The summed E-state index contributed by atoms with van der Waals surface area (Å²) < 4.78 is 5.39. The number of aromatic nitrogens is 2. The van der Waals surface area contributed by atoms with Crippen LogP contribution in [-0.4, -0.2) is 29.1 Å². The topological polar surface area (TPSA) is 102 Å². The van der Waals surface area contributed by atoms with E-state index in [4.69, 9.17) is 10.5 Å². The number of nitrogens with two attached hydrogens (primary N) is 1. The zero-order chi connectivity index (χ0) is 17.3. The Morgan fingerprint density at radius 1 is 1.30 bits per heavy atom. The minimum atomic E-state index is -0.0414. The third-order valence-corrected chi connectivity index (χ3v) is 4.81. The van der Waals surface area contributed by atoms with Gasteiger partial charge in [0.2, 0.25) is 11.8 Å². The molecule has 2 rings (SSSR count). The van der Waals surface area contributed by atoms with Crippen molar-refractivity contribution in [1.29, 1.82) is 0 Å². The normalized spacial score (nSPS) is 19.6. The lowest BCUT2D eigenvalue weighted by atomic mass is 10.0. The molecule has 124 valence electrons. The van der Waals surface area contributed by atoms with Crippen LogP contribution in [0.3, 0.4) is 0 Å². The molecule has 0 saturated heterocycles. The highest BCUT2D eigenvalue weighted by molar-refractivity contribution is 5.95. The first-order valence-electron chi connectivity index (χ1n) is 7.39. The first-order chi connectivity index (χ1) is 10.7. The van der Waals surface area contributed by atoms with Crippen molar-refractivity contribution in [2.45, 2.75) is 27.7 Å². The predicted octanol–water partition coefficient (Wildman–Crippen LogP) is 1.98. The summed E-state index contributed by atoms with van der Waals surface area (Å²) in [4.78, 5) is 24.4. The monoisotopic (exact) mass is 317 g/mol. The Balaban J connectivity index is 2.00. The van der Waals surface area contributed by atoms with E-state index in [-0.39, 0.29) is 28.5 Å². The van der Waals surface area contributed by atoms with Gasteiger partial charge in [0.1, 0.15) is 0 Å². The number of ether oxygens (including phenoxy) is 1. The molecule has 1 aromatic heterocycles. The summed E-state index contributed by atoms with van der Waals surface area (Å²) in [5, 5.41) is 2.80. The maximum absolute atomic E-state index is 12.3. The van der Waals surface area contributed by atoms with Gasteiger partial charge >= 0.3 is 0 Å². The highest BCUT2D eigenvalue weighted by Crippen LogP contribution is 2.68. The summed E-state index contributed by atoms with van der Waals surface area (Å²) in [6, 6.07) is 0. The molecule has 1 aromatic rings. The van der Waals surface area contributed by atoms with Gasteiger partial charge in [-0.2, -0.15) is 0 Å².